The Morgan fingerprint density at radius 1 is 1.39 bits per heavy atom. The number of benzene rings is 1. The van der Waals surface area contributed by atoms with E-state index in [0.29, 0.717) is 0 Å². The molecule has 0 aromatic heterocycles. The number of β-lactam (4-membered cyclic amide) rings is 1. The van der Waals surface area contributed by atoms with Gasteiger partial charge in [0.2, 0.25) is 0 Å². The zero-order valence-electron chi connectivity index (χ0n) is 9.89. The standard InChI is InChI=1S/C13H15NO4/c15-11(6-7-13(17)9-14-12(13)16)18-8-10-4-2-1-3-5-10/h1-5,17H,6-9H2,(H,14,16)/t13-/m1/s1. The molecule has 1 aromatic rings. The van der Waals surface area contributed by atoms with Gasteiger partial charge in [0.25, 0.3) is 5.91 Å². The van der Waals surface area contributed by atoms with Crippen molar-refractivity contribution in [1.82, 2.24) is 5.32 Å². The van der Waals surface area contributed by atoms with Crippen molar-refractivity contribution in [3.8, 4) is 0 Å². The molecule has 1 aliphatic heterocycles. The molecule has 1 amide bonds. The Kier molecular flexibility index (Phi) is 3.62. The van der Waals surface area contributed by atoms with E-state index in [-0.39, 0.29) is 26.0 Å². The summed E-state index contributed by atoms with van der Waals surface area (Å²) in [5, 5.41) is 12.1. The van der Waals surface area contributed by atoms with Crippen LogP contribution in [0.1, 0.15) is 18.4 Å². The van der Waals surface area contributed by atoms with Crippen molar-refractivity contribution in [1.29, 1.82) is 0 Å². The average molecular weight is 249 g/mol. The summed E-state index contributed by atoms with van der Waals surface area (Å²) in [6.45, 7) is 0.419. The van der Waals surface area contributed by atoms with Crippen LogP contribution in [0.4, 0.5) is 0 Å². The summed E-state index contributed by atoms with van der Waals surface area (Å²) in [5.41, 5.74) is -0.475. The maximum absolute atomic E-state index is 11.4. The van der Waals surface area contributed by atoms with Crippen LogP contribution in [0.15, 0.2) is 30.3 Å². The number of amides is 1. The molecule has 0 spiro atoms. The summed E-state index contributed by atoms with van der Waals surface area (Å²) in [4.78, 5) is 22.5. The normalized spacial score (nSPS) is 21.9. The maximum atomic E-state index is 11.4. The molecule has 0 radical (unpaired) electrons. The fourth-order valence-electron chi connectivity index (χ4n) is 1.69. The molecule has 0 aliphatic carbocycles. The molecule has 0 bridgehead atoms. The van der Waals surface area contributed by atoms with Gasteiger partial charge < -0.3 is 15.2 Å². The molecular weight excluding hydrogens is 234 g/mol. The Labute approximate surface area is 105 Å². The van der Waals surface area contributed by atoms with Crippen LogP contribution in [0.3, 0.4) is 0 Å². The van der Waals surface area contributed by atoms with E-state index in [2.05, 4.69) is 5.32 Å². The van der Waals surface area contributed by atoms with Crippen molar-refractivity contribution in [3.63, 3.8) is 0 Å². The predicted molar refractivity (Wildman–Crippen MR) is 63.4 cm³/mol. The summed E-state index contributed by atoms with van der Waals surface area (Å²) in [6, 6.07) is 9.34. The quantitative estimate of drug-likeness (QED) is 0.584. The lowest BCUT2D eigenvalue weighted by atomic mass is 9.90. The maximum Gasteiger partial charge on any atom is 0.306 e. The second-order valence-corrected chi connectivity index (χ2v) is 4.36. The molecule has 5 heteroatoms. The minimum absolute atomic E-state index is 0.0384. The van der Waals surface area contributed by atoms with E-state index in [1.807, 2.05) is 30.3 Å². The number of aliphatic hydroxyl groups is 1. The van der Waals surface area contributed by atoms with E-state index >= 15 is 0 Å². The summed E-state index contributed by atoms with van der Waals surface area (Å²) < 4.78 is 5.05. The molecular formula is C13H15NO4. The molecule has 1 aromatic carbocycles. The summed E-state index contributed by atoms with van der Waals surface area (Å²) in [6.07, 6.45) is 0.142. The third-order valence-corrected chi connectivity index (χ3v) is 2.95. The van der Waals surface area contributed by atoms with Gasteiger partial charge in [0.15, 0.2) is 5.60 Å². The second-order valence-electron chi connectivity index (χ2n) is 4.36. The van der Waals surface area contributed by atoms with Gasteiger partial charge in [-0.05, 0) is 12.0 Å². The van der Waals surface area contributed by atoms with Crippen LogP contribution in [-0.2, 0) is 20.9 Å². The number of ether oxygens (including phenoxy) is 1. The molecule has 1 aliphatic rings. The third-order valence-electron chi connectivity index (χ3n) is 2.95. The van der Waals surface area contributed by atoms with Gasteiger partial charge in [-0.2, -0.15) is 0 Å². The van der Waals surface area contributed by atoms with Crippen LogP contribution in [0, 0.1) is 0 Å². The first-order chi connectivity index (χ1) is 8.60. The molecule has 18 heavy (non-hydrogen) atoms. The highest BCUT2D eigenvalue weighted by molar-refractivity contribution is 5.91. The number of hydrogen-bond donors (Lipinski definition) is 2. The van der Waals surface area contributed by atoms with Crippen LogP contribution >= 0.6 is 0 Å². The van der Waals surface area contributed by atoms with Gasteiger partial charge in [-0.3, -0.25) is 9.59 Å². The fourth-order valence-corrected chi connectivity index (χ4v) is 1.69. The number of esters is 1. The van der Waals surface area contributed by atoms with E-state index < -0.39 is 17.5 Å². The average Bonchev–Trinajstić information content (AvgIpc) is 2.42. The van der Waals surface area contributed by atoms with E-state index in [9.17, 15) is 14.7 Å². The minimum atomic E-state index is -1.38. The van der Waals surface area contributed by atoms with Crippen LogP contribution in [0.25, 0.3) is 0 Å². The molecule has 0 unspecified atom stereocenters. The number of rotatable bonds is 5. The van der Waals surface area contributed by atoms with Gasteiger partial charge in [0.1, 0.15) is 6.61 Å². The number of hydrogen-bond acceptors (Lipinski definition) is 4. The second kappa shape index (κ2) is 5.18. The molecule has 5 nitrogen and oxygen atoms in total. The molecule has 0 saturated carbocycles. The Morgan fingerprint density at radius 2 is 2.11 bits per heavy atom. The molecule has 2 N–H and O–H groups in total. The fraction of sp³-hybridized carbons (Fsp3) is 0.385. The summed E-state index contributed by atoms with van der Waals surface area (Å²) in [5.74, 6) is -0.828. The minimum Gasteiger partial charge on any atom is -0.461 e. The van der Waals surface area contributed by atoms with Crippen molar-refractivity contribution in [2.24, 2.45) is 0 Å². The van der Waals surface area contributed by atoms with E-state index in [1.54, 1.807) is 0 Å². The van der Waals surface area contributed by atoms with Gasteiger partial charge in [-0.1, -0.05) is 30.3 Å². The smallest absolute Gasteiger partial charge is 0.306 e. The molecule has 1 heterocycles. The first-order valence-corrected chi connectivity index (χ1v) is 5.80. The van der Waals surface area contributed by atoms with Crippen LogP contribution < -0.4 is 5.32 Å². The lowest BCUT2D eigenvalue weighted by Gasteiger charge is -2.35. The van der Waals surface area contributed by atoms with Crippen LogP contribution in [-0.4, -0.2) is 29.1 Å². The van der Waals surface area contributed by atoms with Gasteiger partial charge in [-0.25, -0.2) is 0 Å². The van der Waals surface area contributed by atoms with Crippen molar-refractivity contribution in [2.45, 2.75) is 25.0 Å². The van der Waals surface area contributed by atoms with Gasteiger partial charge in [0.05, 0.1) is 6.54 Å². The Hall–Kier alpha value is -1.88. The number of β-amino-alcohol motifs (C(OH)–C–C–N with tert-alkyl or cyclic N) is 1. The van der Waals surface area contributed by atoms with Gasteiger partial charge in [0, 0.05) is 6.42 Å². The first kappa shape index (κ1) is 12.6. The predicted octanol–water partition coefficient (Wildman–Crippen LogP) is 0.371. The Morgan fingerprint density at radius 3 is 2.67 bits per heavy atom. The molecule has 1 saturated heterocycles. The highest BCUT2D eigenvalue weighted by Gasteiger charge is 2.44. The molecule has 96 valence electrons. The van der Waals surface area contributed by atoms with Crippen LogP contribution in [0.2, 0.25) is 0 Å². The largest absolute Gasteiger partial charge is 0.461 e. The lowest BCUT2D eigenvalue weighted by molar-refractivity contribution is -0.156. The number of nitrogens with one attached hydrogen (secondary N) is 1. The first-order valence-electron chi connectivity index (χ1n) is 5.80. The van der Waals surface area contributed by atoms with Crippen molar-refractivity contribution < 1.29 is 19.4 Å². The zero-order valence-corrected chi connectivity index (χ0v) is 9.89. The molecule has 2 rings (SSSR count). The van der Waals surface area contributed by atoms with Crippen molar-refractivity contribution >= 4 is 11.9 Å². The van der Waals surface area contributed by atoms with Crippen molar-refractivity contribution in [3.05, 3.63) is 35.9 Å². The highest BCUT2D eigenvalue weighted by atomic mass is 16.5. The lowest BCUT2D eigenvalue weighted by Crippen LogP contribution is -2.64. The molecule has 1 fully saturated rings. The topological polar surface area (TPSA) is 75.6 Å². The SMILES string of the molecule is O=C(CC[C@@]1(O)CNC1=O)OCc1ccccc1. The number of carbonyl (C=O) groups excluding carboxylic acids is 2. The highest BCUT2D eigenvalue weighted by Crippen LogP contribution is 2.19. The van der Waals surface area contributed by atoms with Crippen LogP contribution in [0.5, 0.6) is 0 Å². The summed E-state index contributed by atoms with van der Waals surface area (Å²) in [7, 11) is 0. The monoisotopic (exact) mass is 249 g/mol. The zero-order chi connectivity index (χ0) is 13.0. The Bertz CT molecular complexity index is 446. The van der Waals surface area contributed by atoms with Gasteiger partial charge in [-0.15, -0.1) is 0 Å². The summed E-state index contributed by atoms with van der Waals surface area (Å²) >= 11 is 0. The van der Waals surface area contributed by atoms with E-state index in [0.717, 1.165) is 5.56 Å². The van der Waals surface area contributed by atoms with E-state index in [1.165, 1.54) is 0 Å². The van der Waals surface area contributed by atoms with Crippen molar-refractivity contribution in [2.75, 3.05) is 6.54 Å². The Balaban J connectivity index is 1.71. The number of carbonyl (C=O) groups is 2. The molecule has 1 atom stereocenters. The van der Waals surface area contributed by atoms with E-state index in [4.69, 9.17) is 4.74 Å². The van der Waals surface area contributed by atoms with Gasteiger partial charge >= 0.3 is 5.97 Å². The third kappa shape index (κ3) is 2.87.